The average molecular weight is 1050 g/mol. The molecule has 6 nitrogen and oxygen atoms in total. The van der Waals surface area contributed by atoms with Gasteiger partial charge in [-0.2, -0.15) is 0 Å². The van der Waals surface area contributed by atoms with Crippen molar-refractivity contribution in [1.82, 2.24) is 0 Å². The van der Waals surface area contributed by atoms with Crippen LogP contribution in [0.4, 0.5) is 0 Å². The second-order valence-corrected chi connectivity index (χ2v) is 21.7. The molecule has 1 atom stereocenters. The Morgan fingerprint density at radius 3 is 0.787 bits per heavy atom. The molecule has 1 unspecified atom stereocenters. The van der Waals surface area contributed by atoms with Crippen molar-refractivity contribution in [2.45, 2.75) is 335 Å². The van der Waals surface area contributed by atoms with E-state index in [-0.39, 0.29) is 37.5 Å². The fourth-order valence-electron chi connectivity index (χ4n) is 9.41. The highest BCUT2D eigenvalue weighted by Gasteiger charge is 2.19. The maximum absolute atomic E-state index is 12.9. The molecule has 0 fully saturated rings. The van der Waals surface area contributed by atoms with E-state index < -0.39 is 6.10 Å². The van der Waals surface area contributed by atoms with Gasteiger partial charge in [0.1, 0.15) is 13.2 Å². The van der Waals surface area contributed by atoms with Gasteiger partial charge in [-0.05, 0) is 57.8 Å². The molecule has 0 aromatic carbocycles. The number of allylic oxidation sites excluding steroid dienone is 12. The number of hydrogen-bond acceptors (Lipinski definition) is 6. The Labute approximate surface area is 465 Å². The van der Waals surface area contributed by atoms with E-state index in [2.05, 4.69) is 87.6 Å². The first kappa shape index (κ1) is 71.8. The van der Waals surface area contributed by atoms with E-state index in [1.807, 2.05) is 6.08 Å². The number of ether oxygens (including phenoxy) is 3. The zero-order chi connectivity index (χ0) is 54.3. The second-order valence-electron chi connectivity index (χ2n) is 21.7. The third-order valence-corrected chi connectivity index (χ3v) is 14.2. The Bertz CT molecular complexity index is 1390. The minimum atomic E-state index is -0.814. The van der Waals surface area contributed by atoms with Crippen molar-refractivity contribution in [3.63, 3.8) is 0 Å². The van der Waals surface area contributed by atoms with Gasteiger partial charge in [0.15, 0.2) is 6.10 Å². The van der Waals surface area contributed by atoms with E-state index in [1.54, 1.807) is 0 Å². The van der Waals surface area contributed by atoms with Crippen molar-refractivity contribution in [2.75, 3.05) is 13.2 Å². The number of rotatable bonds is 59. The lowest BCUT2D eigenvalue weighted by atomic mass is 10.0. The molecule has 0 heterocycles. The van der Waals surface area contributed by atoms with Crippen LogP contribution in [0.5, 0.6) is 0 Å². The van der Waals surface area contributed by atoms with E-state index in [9.17, 15) is 14.4 Å². The summed E-state index contributed by atoms with van der Waals surface area (Å²) in [6.45, 7) is 6.52. The van der Waals surface area contributed by atoms with E-state index in [4.69, 9.17) is 14.2 Å². The lowest BCUT2D eigenvalue weighted by molar-refractivity contribution is -0.166. The molecule has 0 N–H and O–H groups in total. The standard InChI is InChI=1S/C69H122O6/c1-4-7-10-13-16-19-22-25-28-31-33-34-35-37-38-41-44-47-50-53-56-59-62-68(71)74-65-66(64-73-67(70)61-58-55-52-49-46-43-40-30-27-24-21-18-15-12-9-6-3)75-69(72)63-60-57-54-51-48-45-42-39-36-32-29-26-23-20-17-14-11-8-5-2/h8,11,17,20,26,29,36,39,45,48,54,57,66H,4-7,9-10,12-16,18-19,21-25,27-28,30-35,37-38,40-44,46-47,49-53,55-56,58-65H2,1-3H3/b11-8-,20-17-,29-26-,39-36-,48-45-,57-54-. The molecular formula is C69H122O6. The number of carbonyl (C=O) groups is 3. The third kappa shape index (κ3) is 61.6. The van der Waals surface area contributed by atoms with Gasteiger partial charge in [-0.1, -0.05) is 325 Å². The maximum Gasteiger partial charge on any atom is 0.306 e. The smallest absolute Gasteiger partial charge is 0.306 e. The first-order valence-corrected chi connectivity index (χ1v) is 32.4. The first-order valence-electron chi connectivity index (χ1n) is 32.4. The van der Waals surface area contributed by atoms with Gasteiger partial charge in [-0.15, -0.1) is 0 Å². The van der Waals surface area contributed by atoms with E-state index in [0.29, 0.717) is 19.3 Å². The molecule has 0 saturated heterocycles. The molecule has 0 aromatic heterocycles. The summed E-state index contributed by atoms with van der Waals surface area (Å²) in [4.78, 5) is 38.3. The second kappa shape index (κ2) is 63.4. The van der Waals surface area contributed by atoms with Crippen LogP contribution in [0.1, 0.15) is 329 Å². The van der Waals surface area contributed by atoms with Crippen molar-refractivity contribution >= 4 is 17.9 Å². The molecule has 0 saturated carbocycles. The molecule has 434 valence electrons. The normalized spacial score (nSPS) is 12.5. The molecule has 0 aliphatic carbocycles. The van der Waals surface area contributed by atoms with Gasteiger partial charge >= 0.3 is 17.9 Å². The topological polar surface area (TPSA) is 78.9 Å². The number of unbranched alkanes of at least 4 members (excludes halogenated alkanes) is 36. The van der Waals surface area contributed by atoms with Gasteiger partial charge in [0.05, 0.1) is 0 Å². The monoisotopic (exact) mass is 1050 g/mol. The van der Waals surface area contributed by atoms with E-state index >= 15 is 0 Å². The van der Waals surface area contributed by atoms with Crippen LogP contribution in [0.2, 0.25) is 0 Å². The summed E-state index contributed by atoms with van der Waals surface area (Å²) >= 11 is 0. The highest BCUT2D eigenvalue weighted by molar-refractivity contribution is 5.71. The van der Waals surface area contributed by atoms with Crippen molar-refractivity contribution in [1.29, 1.82) is 0 Å². The summed E-state index contributed by atoms with van der Waals surface area (Å²) in [5.74, 6) is -0.966. The summed E-state index contributed by atoms with van der Waals surface area (Å²) in [6, 6.07) is 0. The summed E-state index contributed by atoms with van der Waals surface area (Å²) in [5.41, 5.74) is 0. The SMILES string of the molecule is CC/C=C\C/C=C\C/C=C\C/C=C\C/C=C\C/C=C\CCC(=O)OC(COC(=O)CCCCCCCCCCCCCCCCCC)COC(=O)CCCCCCCCCCCCCCCCCCCCCCCC. The predicted octanol–water partition coefficient (Wildman–Crippen LogP) is 22.1. The Morgan fingerprint density at radius 2 is 0.520 bits per heavy atom. The predicted molar refractivity (Wildman–Crippen MR) is 325 cm³/mol. The lowest BCUT2D eigenvalue weighted by Gasteiger charge is -2.18. The summed E-state index contributed by atoms with van der Waals surface area (Å²) in [6.07, 6.45) is 82.1. The number of esters is 3. The fraction of sp³-hybridized carbons (Fsp3) is 0.783. The van der Waals surface area contributed by atoms with Crippen molar-refractivity contribution < 1.29 is 28.6 Å². The highest BCUT2D eigenvalue weighted by Crippen LogP contribution is 2.18. The van der Waals surface area contributed by atoms with Gasteiger partial charge in [0.2, 0.25) is 0 Å². The number of hydrogen-bond donors (Lipinski definition) is 0. The molecule has 0 bridgehead atoms. The zero-order valence-corrected chi connectivity index (χ0v) is 49.8. The van der Waals surface area contributed by atoms with Crippen LogP contribution >= 0.6 is 0 Å². The molecule has 0 spiro atoms. The van der Waals surface area contributed by atoms with Crippen molar-refractivity contribution in [3.8, 4) is 0 Å². The van der Waals surface area contributed by atoms with Crippen LogP contribution in [-0.2, 0) is 28.6 Å². The zero-order valence-electron chi connectivity index (χ0n) is 49.8. The van der Waals surface area contributed by atoms with Gasteiger partial charge in [0.25, 0.3) is 0 Å². The van der Waals surface area contributed by atoms with Crippen molar-refractivity contribution in [3.05, 3.63) is 72.9 Å². The summed E-state index contributed by atoms with van der Waals surface area (Å²) in [7, 11) is 0. The van der Waals surface area contributed by atoms with Crippen molar-refractivity contribution in [2.24, 2.45) is 0 Å². The van der Waals surface area contributed by atoms with Crippen LogP contribution in [0.15, 0.2) is 72.9 Å². The Hall–Kier alpha value is -3.15. The minimum Gasteiger partial charge on any atom is -0.462 e. The largest absolute Gasteiger partial charge is 0.462 e. The maximum atomic E-state index is 12.9. The van der Waals surface area contributed by atoms with Crippen LogP contribution in [0, 0.1) is 0 Å². The molecule has 0 rings (SSSR count). The lowest BCUT2D eigenvalue weighted by Crippen LogP contribution is -2.30. The number of carbonyl (C=O) groups excluding carboxylic acids is 3. The Balaban J connectivity index is 4.41. The molecule has 0 radical (unpaired) electrons. The van der Waals surface area contributed by atoms with Crippen LogP contribution in [0.3, 0.4) is 0 Å². The van der Waals surface area contributed by atoms with Crippen LogP contribution < -0.4 is 0 Å². The highest BCUT2D eigenvalue weighted by atomic mass is 16.6. The van der Waals surface area contributed by atoms with E-state index in [0.717, 1.165) is 77.0 Å². The minimum absolute atomic E-state index is 0.101. The average Bonchev–Trinajstić information content (AvgIpc) is 3.41. The fourth-order valence-corrected chi connectivity index (χ4v) is 9.41. The molecule has 0 amide bonds. The van der Waals surface area contributed by atoms with Gasteiger partial charge in [0, 0.05) is 19.3 Å². The summed E-state index contributed by atoms with van der Waals surface area (Å²) < 4.78 is 16.9. The van der Waals surface area contributed by atoms with E-state index in [1.165, 1.54) is 205 Å². The molecule has 6 heteroatoms. The van der Waals surface area contributed by atoms with Gasteiger partial charge < -0.3 is 14.2 Å². The summed E-state index contributed by atoms with van der Waals surface area (Å²) in [5, 5.41) is 0. The van der Waals surface area contributed by atoms with Gasteiger partial charge in [-0.3, -0.25) is 14.4 Å². The Kier molecular flexibility index (Phi) is 60.7. The van der Waals surface area contributed by atoms with Crippen LogP contribution in [0.25, 0.3) is 0 Å². The molecule has 0 aliphatic rings. The molecule has 75 heavy (non-hydrogen) atoms. The van der Waals surface area contributed by atoms with Crippen LogP contribution in [-0.4, -0.2) is 37.2 Å². The first-order chi connectivity index (χ1) is 37.0. The molecule has 0 aromatic rings. The quantitative estimate of drug-likeness (QED) is 0.0261. The Morgan fingerprint density at radius 1 is 0.280 bits per heavy atom. The molecule has 0 aliphatic heterocycles. The van der Waals surface area contributed by atoms with Gasteiger partial charge in [-0.25, -0.2) is 0 Å². The third-order valence-electron chi connectivity index (χ3n) is 14.2. The molecular weight excluding hydrogens is 925 g/mol.